The molecule has 0 bridgehead atoms. The van der Waals surface area contributed by atoms with Gasteiger partial charge in [0, 0.05) is 26.2 Å². The summed E-state index contributed by atoms with van der Waals surface area (Å²) in [6, 6.07) is 0.597. The van der Waals surface area contributed by atoms with Crippen LogP contribution in [0.2, 0.25) is 0 Å². The van der Waals surface area contributed by atoms with E-state index in [0.717, 1.165) is 24.8 Å². The van der Waals surface area contributed by atoms with Gasteiger partial charge in [-0.3, -0.25) is 0 Å². The van der Waals surface area contributed by atoms with Crippen molar-refractivity contribution >= 4 is 17.3 Å². The Hall–Kier alpha value is -0.350. The van der Waals surface area contributed by atoms with E-state index in [-0.39, 0.29) is 0 Å². The van der Waals surface area contributed by atoms with Crippen molar-refractivity contribution in [3.63, 3.8) is 0 Å². The summed E-state index contributed by atoms with van der Waals surface area (Å²) < 4.78 is 5.14. The van der Waals surface area contributed by atoms with Crippen LogP contribution < -0.4 is 5.32 Å². The molecular weight excluding hydrogens is 232 g/mol. The highest BCUT2D eigenvalue weighted by Gasteiger charge is 2.18. The Kier molecular flexibility index (Phi) is 6.82. The lowest BCUT2D eigenvalue weighted by molar-refractivity contribution is 0.171. The minimum absolute atomic E-state index is 0.597. The first-order valence-corrected chi connectivity index (χ1v) is 7.08. The zero-order valence-electron chi connectivity index (χ0n) is 11.4. The number of methoxy groups -OCH3 is 1. The standard InChI is InChI=1S/C13H26N2OS/c1-11(2)10-15(8-9-16-3)13(17)14-12-6-4-5-7-12/h11-12H,4-10H2,1-3H3,(H,14,17). The molecule has 0 unspecified atom stereocenters. The Labute approximate surface area is 111 Å². The molecule has 0 aromatic rings. The van der Waals surface area contributed by atoms with Crippen molar-refractivity contribution < 1.29 is 4.74 Å². The van der Waals surface area contributed by atoms with Gasteiger partial charge in [-0.25, -0.2) is 0 Å². The average molecular weight is 258 g/mol. The molecule has 1 N–H and O–H groups in total. The Bertz CT molecular complexity index is 227. The summed E-state index contributed by atoms with van der Waals surface area (Å²) in [5.41, 5.74) is 0. The first kappa shape index (κ1) is 14.7. The van der Waals surface area contributed by atoms with Gasteiger partial charge in [-0.2, -0.15) is 0 Å². The molecule has 0 radical (unpaired) electrons. The molecule has 0 amide bonds. The minimum atomic E-state index is 0.597. The Morgan fingerprint density at radius 3 is 2.59 bits per heavy atom. The van der Waals surface area contributed by atoms with Gasteiger partial charge in [-0.15, -0.1) is 0 Å². The number of nitrogens with one attached hydrogen (secondary N) is 1. The van der Waals surface area contributed by atoms with Crippen molar-refractivity contribution in [2.45, 2.75) is 45.6 Å². The summed E-state index contributed by atoms with van der Waals surface area (Å²) in [5.74, 6) is 0.621. The molecule has 1 saturated carbocycles. The van der Waals surface area contributed by atoms with Crippen LogP contribution in [0.4, 0.5) is 0 Å². The van der Waals surface area contributed by atoms with Gasteiger partial charge in [-0.05, 0) is 31.0 Å². The van der Waals surface area contributed by atoms with E-state index in [4.69, 9.17) is 17.0 Å². The van der Waals surface area contributed by atoms with E-state index in [1.807, 2.05) is 0 Å². The zero-order chi connectivity index (χ0) is 12.7. The van der Waals surface area contributed by atoms with Crippen LogP contribution in [0.15, 0.2) is 0 Å². The maximum absolute atomic E-state index is 5.50. The van der Waals surface area contributed by atoms with Gasteiger partial charge in [0.15, 0.2) is 5.11 Å². The predicted molar refractivity (Wildman–Crippen MR) is 76.3 cm³/mol. The molecule has 0 heterocycles. The first-order chi connectivity index (χ1) is 8.13. The van der Waals surface area contributed by atoms with E-state index < -0.39 is 0 Å². The van der Waals surface area contributed by atoms with Crippen LogP contribution in [0.5, 0.6) is 0 Å². The smallest absolute Gasteiger partial charge is 0.169 e. The molecule has 0 aliphatic heterocycles. The third-order valence-electron chi connectivity index (χ3n) is 3.12. The highest BCUT2D eigenvalue weighted by Crippen LogP contribution is 2.18. The second-order valence-corrected chi connectivity index (χ2v) is 5.65. The molecule has 100 valence electrons. The van der Waals surface area contributed by atoms with Gasteiger partial charge >= 0.3 is 0 Å². The molecule has 1 aliphatic carbocycles. The molecule has 0 aromatic heterocycles. The fraction of sp³-hybridized carbons (Fsp3) is 0.923. The van der Waals surface area contributed by atoms with E-state index in [9.17, 15) is 0 Å². The number of hydrogen-bond donors (Lipinski definition) is 1. The summed E-state index contributed by atoms with van der Waals surface area (Å²) in [7, 11) is 1.74. The van der Waals surface area contributed by atoms with Gasteiger partial charge in [0.05, 0.1) is 6.61 Å². The predicted octanol–water partition coefficient (Wildman–Crippen LogP) is 2.41. The largest absolute Gasteiger partial charge is 0.383 e. The van der Waals surface area contributed by atoms with E-state index in [1.165, 1.54) is 25.7 Å². The quantitative estimate of drug-likeness (QED) is 0.740. The number of rotatable bonds is 6. The molecule has 17 heavy (non-hydrogen) atoms. The second kappa shape index (κ2) is 7.88. The van der Waals surface area contributed by atoms with Gasteiger partial charge in [0.25, 0.3) is 0 Å². The second-order valence-electron chi connectivity index (χ2n) is 5.26. The molecule has 0 spiro atoms. The van der Waals surface area contributed by atoms with Gasteiger partial charge in [0.1, 0.15) is 0 Å². The monoisotopic (exact) mass is 258 g/mol. The molecule has 0 aromatic carbocycles. The molecule has 1 fully saturated rings. The topological polar surface area (TPSA) is 24.5 Å². The number of hydrogen-bond acceptors (Lipinski definition) is 2. The van der Waals surface area contributed by atoms with Crippen molar-refractivity contribution in [1.29, 1.82) is 0 Å². The van der Waals surface area contributed by atoms with E-state index in [2.05, 4.69) is 24.1 Å². The summed E-state index contributed by atoms with van der Waals surface area (Å²) in [6.07, 6.45) is 5.20. The lowest BCUT2D eigenvalue weighted by Gasteiger charge is -2.29. The third kappa shape index (κ3) is 5.68. The normalized spacial score (nSPS) is 16.5. The van der Waals surface area contributed by atoms with Crippen molar-refractivity contribution in [1.82, 2.24) is 10.2 Å². The van der Waals surface area contributed by atoms with Crippen molar-refractivity contribution in [3.8, 4) is 0 Å². The highest BCUT2D eigenvalue weighted by atomic mass is 32.1. The van der Waals surface area contributed by atoms with E-state index >= 15 is 0 Å². The van der Waals surface area contributed by atoms with Gasteiger partial charge in [-0.1, -0.05) is 26.7 Å². The summed E-state index contributed by atoms with van der Waals surface area (Å²) in [6.45, 7) is 7.06. The van der Waals surface area contributed by atoms with Crippen LogP contribution in [0.1, 0.15) is 39.5 Å². The lowest BCUT2D eigenvalue weighted by atomic mass is 10.2. The maximum atomic E-state index is 5.50. The van der Waals surface area contributed by atoms with Crippen LogP contribution in [-0.2, 0) is 4.74 Å². The number of ether oxygens (including phenoxy) is 1. The molecule has 1 aliphatic rings. The lowest BCUT2D eigenvalue weighted by Crippen LogP contribution is -2.46. The number of thiocarbonyl (C=S) groups is 1. The molecule has 0 atom stereocenters. The van der Waals surface area contributed by atoms with Crippen LogP contribution in [-0.4, -0.2) is 42.9 Å². The first-order valence-electron chi connectivity index (χ1n) is 6.68. The average Bonchev–Trinajstić information content (AvgIpc) is 2.76. The van der Waals surface area contributed by atoms with Crippen molar-refractivity contribution in [2.75, 3.05) is 26.8 Å². The van der Waals surface area contributed by atoms with E-state index in [0.29, 0.717) is 12.0 Å². The molecule has 4 heteroatoms. The summed E-state index contributed by atoms with van der Waals surface area (Å²) >= 11 is 5.50. The summed E-state index contributed by atoms with van der Waals surface area (Å²) in [5, 5.41) is 4.40. The maximum Gasteiger partial charge on any atom is 0.169 e. The van der Waals surface area contributed by atoms with Gasteiger partial charge < -0.3 is 15.0 Å². The third-order valence-corrected chi connectivity index (χ3v) is 3.50. The Balaban J connectivity index is 2.39. The Morgan fingerprint density at radius 2 is 2.06 bits per heavy atom. The van der Waals surface area contributed by atoms with Crippen molar-refractivity contribution in [3.05, 3.63) is 0 Å². The minimum Gasteiger partial charge on any atom is -0.383 e. The fourth-order valence-corrected chi connectivity index (χ4v) is 2.59. The highest BCUT2D eigenvalue weighted by molar-refractivity contribution is 7.80. The van der Waals surface area contributed by atoms with Crippen molar-refractivity contribution in [2.24, 2.45) is 5.92 Å². The fourth-order valence-electron chi connectivity index (χ4n) is 2.25. The molecule has 0 saturated heterocycles. The van der Waals surface area contributed by atoms with Crippen LogP contribution in [0, 0.1) is 5.92 Å². The van der Waals surface area contributed by atoms with Gasteiger partial charge in [0.2, 0.25) is 0 Å². The summed E-state index contributed by atoms with van der Waals surface area (Å²) in [4.78, 5) is 2.24. The van der Waals surface area contributed by atoms with E-state index in [1.54, 1.807) is 7.11 Å². The number of nitrogens with zero attached hydrogens (tertiary/aromatic N) is 1. The molecular formula is C13H26N2OS. The van der Waals surface area contributed by atoms with Crippen LogP contribution in [0.3, 0.4) is 0 Å². The van der Waals surface area contributed by atoms with Crippen LogP contribution >= 0.6 is 12.2 Å². The molecule has 3 nitrogen and oxygen atoms in total. The van der Waals surface area contributed by atoms with Crippen LogP contribution in [0.25, 0.3) is 0 Å². The zero-order valence-corrected chi connectivity index (χ0v) is 12.2. The Morgan fingerprint density at radius 1 is 1.41 bits per heavy atom. The SMILES string of the molecule is COCCN(CC(C)C)C(=S)NC1CCCC1. The molecule has 1 rings (SSSR count).